The van der Waals surface area contributed by atoms with Gasteiger partial charge in [0.15, 0.2) is 0 Å². The van der Waals surface area contributed by atoms with Crippen molar-refractivity contribution in [3.8, 4) is 0 Å². The van der Waals surface area contributed by atoms with Gasteiger partial charge in [-0.05, 0) is 69.8 Å². The Kier molecular flexibility index (Phi) is 27.4. The largest absolute Gasteiger partial charge is 0.374 e. The molecule has 0 aliphatic carbocycles. The molecule has 1 unspecified atom stereocenters. The van der Waals surface area contributed by atoms with Gasteiger partial charge in [-0.15, -0.1) is 0 Å². The average Bonchev–Trinajstić information content (AvgIpc) is 3.45. The Morgan fingerprint density at radius 1 is 0.500 bits per heavy atom. The van der Waals surface area contributed by atoms with Crippen LogP contribution in [0.25, 0.3) is 0 Å². The maximum atomic E-state index is 6.48. The normalized spacial score (nSPS) is 17.3. The van der Waals surface area contributed by atoms with Crippen molar-refractivity contribution in [1.82, 2.24) is 4.90 Å². The fourth-order valence-corrected chi connectivity index (χ4v) is 6.57. The highest BCUT2D eigenvalue weighted by atomic mass is 16.5. The standard InChI is InChI=1S/C43H75NO2/c1-3-5-7-9-11-13-15-17-19-21-23-25-27-32-36-45-42-39-44(38-41-34-30-29-31-35-41)40-43(42)46-37-33-28-26-24-22-20-18-16-14-12-10-8-6-4-2/h13-16,29-31,34-35,42-43H,3-12,17-28,32-33,36-40H2,1-2H3/t42-,43?/m1/s1. The second kappa shape index (κ2) is 30.9. The maximum Gasteiger partial charge on any atom is 0.0975 e. The molecule has 2 atom stereocenters. The van der Waals surface area contributed by atoms with Crippen molar-refractivity contribution >= 4 is 0 Å². The quantitative estimate of drug-likeness (QED) is 0.0579. The number of hydrogen-bond acceptors (Lipinski definition) is 3. The van der Waals surface area contributed by atoms with E-state index in [4.69, 9.17) is 9.47 Å². The predicted octanol–water partition coefficient (Wildman–Crippen LogP) is 12.8. The first-order valence-electron chi connectivity index (χ1n) is 20.1. The van der Waals surface area contributed by atoms with Crippen LogP contribution in [0.1, 0.15) is 174 Å². The number of allylic oxidation sites excluding steroid dienone is 4. The number of unbranched alkanes of at least 4 members (excludes halogenated alkanes) is 20. The van der Waals surface area contributed by atoms with Crippen molar-refractivity contribution in [2.45, 2.75) is 187 Å². The third-order valence-electron chi connectivity index (χ3n) is 9.52. The number of hydrogen-bond donors (Lipinski definition) is 0. The Bertz CT molecular complexity index is 773. The number of ether oxygens (including phenoxy) is 2. The lowest BCUT2D eigenvalue weighted by atomic mass is 10.1. The molecule has 1 aliphatic rings. The first kappa shape index (κ1) is 40.8. The SMILES string of the molecule is CCCCCCC=CCCCCCCCCOC1CN(Cc2ccccc2)C[C@H]1OCCCCCCCCC=CCCCCCC. The molecule has 0 bridgehead atoms. The zero-order valence-corrected chi connectivity index (χ0v) is 30.6. The average molecular weight is 638 g/mol. The molecule has 1 aliphatic heterocycles. The van der Waals surface area contributed by atoms with Crippen LogP contribution in [0.3, 0.4) is 0 Å². The molecule has 1 heterocycles. The minimum Gasteiger partial charge on any atom is -0.374 e. The second-order valence-electron chi connectivity index (χ2n) is 14.0. The van der Waals surface area contributed by atoms with Crippen molar-refractivity contribution in [3.63, 3.8) is 0 Å². The molecular weight excluding hydrogens is 562 g/mol. The number of likely N-dealkylation sites (tertiary alicyclic amines) is 1. The lowest BCUT2D eigenvalue weighted by Crippen LogP contribution is -2.30. The van der Waals surface area contributed by atoms with Crippen LogP contribution in [0.15, 0.2) is 54.6 Å². The Morgan fingerprint density at radius 3 is 1.28 bits per heavy atom. The van der Waals surface area contributed by atoms with Crippen molar-refractivity contribution in [2.24, 2.45) is 0 Å². The summed E-state index contributed by atoms with van der Waals surface area (Å²) < 4.78 is 13.0. The molecule has 1 aromatic carbocycles. The summed E-state index contributed by atoms with van der Waals surface area (Å²) in [6.45, 7) is 9.27. The van der Waals surface area contributed by atoms with Gasteiger partial charge in [-0.3, -0.25) is 4.90 Å². The molecular formula is C43H75NO2. The van der Waals surface area contributed by atoms with E-state index >= 15 is 0 Å². The van der Waals surface area contributed by atoms with E-state index in [0.29, 0.717) is 0 Å². The van der Waals surface area contributed by atoms with E-state index in [1.54, 1.807) is 0 Å². The fourth-order valence-electron chi connectivity index (χ4n) is 6.57. The highest BCUT2D eigenvalue weighted by Crippen LogP contribution is 2.21. The molecule has 3 nitrogen and oxygen atoms in total. The molecule has 264 valence electrons. The highest BCUT2D eigenvalue weighted by molar-refractivity contribution is 5.14. The molecule has 0 aromatic heterocycles. The topological polar surface area (TPSA) is 21.7 Å². The van der Waals surface area contributed by atoms with Gasteiger partial charge < -0.3 is 9.47 Å². The Morgan fingerprint density at radius 2 is 0.870 bits per heavy atom. The molecule has 0 spiro atoms. The van der Waals surface area contributed by atoms with E-state index in [-0.39, 0.29) is 12.2 Å². The molecule has 46 heavy (non-hydrogen) atoms. The molecule has 2 rings (SSSR count). The van der Waals surface area contributed by atoms with E-state index in [0.717, 1.165) is 32.8 Å². The van der Waals surface area contributed by atoms with Gasteiger partial charge in [0, 0.05) is 32.8 Å². The zero-order valence-electron chi connectivity index (χ0n) is 30.6. The molecule has 0 N–H and O–H groups in total. The summed E-state index contributed by atoms with van der Waals surface area (Å²) >= 11 is 0. The zero-order chi connectivity index (χ0) is 32.6. The van der Waals surface area contributed by atoms with Crippen LogP contribution in [0, 0.1) is 0 Å². The smallest absolute Gasteiger partial charge is 0.0975 e. The maximum absolute atomic E-state index is 6.48. The number of nitrogens with zero attached hydrogens (tertiary/aromatic N) is 1. The molecule has 0 saturated carbocycles. The summed E-state index contributed by atoms with van der Waals surface area (Å²) in [7, 11) is 0. The van der Waals surface area contributed by atoms with Gasteiger partial charge in [0.25, 0.3) is 0 Å². The predicted molar refractivity (Wildman–Crippen MR) is 202 cm³/mol. The van der Waals surface area contributed by atoms with Crippen LogP contribution in [0.4, 0.5) is 0 Å². The summed E-state index contributed by atoms with van der Waals surface area (Å²) in [6, 6.07) is 10.9. The van der Waals surface area contributed by atoms with Gasteiger partial charge in [0.1, 0.15) is 0 Å². The van der Waals surface area contributed by atoms with Crippen LogP contribution >= 0.6 is 0 Å². The van der Waals surface area contributed by atoms with E-state index < -0.39 is 0 Å². The van der Waals surface area contributed by atoms with Crippen molar-refractivity contribution in [3.05, 3.63) is 60.2 Å². The Balaban J connectivity index is 1.52. The number of rotatable bonds is 32. The molecule has 0 radical (unpaired) electrons. The Labute approximate surface area is 287 Å². The molecule has 1 saturated heterocycles. The molecule has 1 aromatic rings. The van der Waals surface area contributed by atoms with Gasteiger partial charge in [-0.25, -0.2) is 0 Å². The second-order valence-corrected chi connectivity index (χ2v) is 14.0. The van der Waals surface area contributed by atoms with Gasteiger partial charge >= 0.3 is 0 Å². The van der Waals surface area contributed by atoms with Crippen molar-refractivity contribution in [2.75, 3.05) is 26.3 Å². The third kappa shape index (κ3) is 23.0. The summed E-state index contributed by atoms with van der Waals surface area (Å²) in [5.74, 6) is 0. The molecule has 1 fully saturated rings. The van der Waals surface area contributed by atoms with Gasteiger partial charge in [0.2, 0.25) is 0 Å². The van der Waals surface area contributed by atoms with E-state index in [2.05, 4.69) is 73.4 Å². The van der Waals surface area contributed by atoms with Crippen LogP contribution in [-0.2, 0) is 16.0 Å². The van der Waals surface area contributed by atoms with Crippen LogP contribution < -0.4 is 0 Å². The summed E-state index contributed by atoms with van der Waals surface area (Å²) in [5.41, 5.74) is 1.38. The third-order valence-corrected chi connectivity index (χ3v) is 9.52. The van der Waals surface area contributed by atoms with Crippen molar-refractivity contribution in [1.29, 1.82) is 0 Å². The summed E-state index contributed by atoms with van der Waals surface area (Å²) in [5, 5.41) is 0. The number of benzene rings is 1. The minimum atomic E-state index is 0.206. The summed E-state index contributed by atoms with van der Waals surface area (Å²) in [4.78, 5) is 2.53. The first-order valence-corrected chi connectivity index (χ1v) is 20.1. The summed E-state index contributed by atoms with van der Waals surface area (Å²) in [6.07, 6.45) is 41.8. The van der Waals surface area contributed by atoms with Crippen LogP contribution in [-0.4, -0.2) is 43.4 Å². The van der Waals surface area contributed by atoms with Gasteiger partial charge in [-0.2, -0.15) is 0 Å². The fraction of sp³-hybridized carbons (Fsp3) is 0.767. The van der Waals surface area contributed by atoms with Gasteiger partial charge in [0.05, 0.1) is 12.2 Å². The molecule has 3 heteroatoms. The van der Waals surface area contributed by atoms with Gasteiger partial charge in [-0.1, -0.05) is 158 Å². The van der Waals surface area contributed by atoms with Crippen LogP contribution in [0.5, 0.6) is 0 Å². The highest BCUT2D eigenvalue weighted by Gasteiger charge is 2.34. The van der Waals surface area contributed by atoms with E-state index in [1.165, 1.54) is 160 Å². The lowest BCUT2D eigenvalue weighted by molar-refractivity contribution is -0.0481. The monoisotopic (exact) mass is 638 g/mol. The first-order chi connectivity index (χ1) is 22.8. The lowest BCUT2D eigenvalue weighted by Gasteiger charge is -2.20. The Hall–Kier alpha value is -1.42. The van der Waals surface area contributed by atoms with Crippen molar-refractivity contribution < 1.29 is 9.47 Å². The van der Waals surface area contributed by atoms with Crippen LogP contribution in [0.2, 0.25) is 0 Å². The molecule has 0 amide bonds. The minimum absolute atomic E-state index is 0.206. The van der Waals surface area contributed by atoms with E-state index in [9.17, 15) is 0 Å². The van der Waals surface area contributed by atoms with E-state index in [1.807, 2.05) is 0 Å².